The van der Waals surface area contributed by atoms with Crippen LogP contribution in [0.1, 0.15) is 30.5 Å². The lowest BCUT2D eigenvalue weighted by molar-refractivity contribution is 0.165. The zero-order valence-electron chi connectivity index (χ0n) is 16.8. The Morgan fingerprint density at radius 1 is 0.966 bits per heavy atom. The molecule has 0 fully saturated rings. The fourth-order valence-corrected chi connectivity index (χ4v) is 3.63. The molecule has 0 saturated heterocycles. The number of aromatic nitrogens is 4. The van der Waals surface area contributed by atoms with Crippen molar-refractivity contribution in [3.63, 3.8) is 0 Å². The molecule has 0 saturated carbocycles. The predicted molar refractivity (Wildman–Crippen MR) is 116 cm³/mol. The average molecular weight is 394 g/mol. The van der Waals surface area contributed by atoms with Gasteiger partial charge < -0.3 is 26.4 Å². The quantitative estimate of drug-likeness (QED) is 0.411. The molecular weight excluding hydrogens is 368 g/mol. The van der Waals surface area contributed by atoms with Crippen LogP contribution in [-0.4, -0.2) is 51.8 Å². The third kappa shape index (κ3) is 3.61. The Balaban J connectivity index is 1.74. The number of hydrogen-bond acceptors (Lipinski definition) is 9. The molecule has 3 aromatic rings. The Morgan fingerprint density at radius 2 is 1.62 bits per heavy atom. The normalized spacial score (nSPS) is 17.8. The van der Waals surface area contributed by atoms with E-state index in [0.717, 1.165) is 24.1 Å². The van der Waals surface area contributed by atoms with E-state index in [1.54, 1.807) is 14.1 Å². The monoisotopic (exact) mass is 394 g/mol. The number of aliphatic hydroxyl groups is 1. The highest BCUT2D eigenvalue weighted by atomic mass is 16.3. The molecule has 0 aliphatic heterocycles. The summed E-state index contributed by atoms with van der Waals surface area (Å²) in [4.78, 5) is 18.4. The molecule has 9 nitrogen and oxygen atoms in total. The topological polar surface area (TPSA) is 120 Å². The second-order valence-corrected chi connectivity index (χ2v) is 7.01. The van der Waals surface area contributed by atoms with Gasteiger partial charge in [0.15, 0.2) is 11.6 Å². The molecule has 29 heavy (non-hydrogen) atoms. The SMILES string of the molecule is CCCNc1nc(NC)c2nc(N[C@@H]3c4ccccc4C[C@@H]3O)nc(NC)c2n1. The molecule has 5 N–H and O–H groups in total. The van der Waals surface area contributed by atoms with Crippen LogP contribution in [-0.2, 0) is 6.42 Å². The smallest absolute Gasteiger partial charge is 0.226 e. The summed E-state index contributed by atoms with van der Waals surface area (Å²) in [6, 6.07) is 7.76. The van der Waals surface area contributed by atoms with E-state index >= 15 is 0 Å². The highest BCUT2D eigenvalue weighted by Gasteiger charge is 2.31. The van der Waals surface area contributed by atoms with Crippen LogP contribution in [0.5, 0.6) is 0 Å². The average Bonchev–Trinajstić information content (AvgIpc) is 3.06. The largest absolute Gasteiger partial charge is 0.390 e. The van der Waals surface area contributed by atoms with Crippen molar-refractivity contribution in [2.45, 2.75) is 31.9 Å². The third-order valence-corrected chi connectivity index (χ3v) is 5.04. The first-order chi connectivity index (χ1) is 14.1. The Hall–Kier alpha value is -3.20. The maximum atomic E-state index is 10.6. The van der Waals surface area contributed by atoms with Crippen molar-refractivity contribution in [2.24, 2.45) is 0 Å². The first-order valence-electron chi connectivity index (χ1n) is 9.86. The van der Waals surface area contributed by atoms with Crippen molar-refractivity contribution in [2.75, 3.05) is 41.9 Å². The van der Waals surface area contributed by atoms with Crippen LogP contribution in [0.15, 0.2) is 24.3 Å². The number of fused-ring (bicyclic) bond motifs is 2. The van der Waals surface area contributed by atoms with Crippen molar-refractivity contribution in [1.29, 1.82) is 0 Å². The minimum absolute atomic E-state index is 0.266. The summed E-state index contributed by atoms with van der Waals surface area (Å²) in [6.07, 6.45) is 1.04. The summed E-state index contributed by atoms with van der Waals surface area (Å²) in [5.74, 6) is 2.15. The van der Waals surface area contributed by atoms with E-state index in [1.807, 2.05) is 24.3 Å². The lowest BCUT2D eigenvalue weighted by Gasteiger charge is -2.19. The fraction of sp³-hybridized carbons (Fsp3) is 0.400. The van der Waals surface area contributed by atoms with E-state index in [9.17, 15) is 5.11 Å². The van der Waals surface area contributed by atoms with Crippen molar-refractivity contribution in [3.05, 3.63) is 35.4 Å². The van der Waals surface area contributed by atoms with E-state index in [1.165, 1.54) is 0 Å². The summed E-state index contributed by atoms with van der Waals surface area (Å²) in [7, 11) is 3.60. The Labute approximate surface area is 169 Å². The van der Waals surface area contributed by atoms with Gasteiger partial charge in [0.25, 0.3) is 0 Å². The van der Waals surface area contributed by atoms with Gasteiger partial charge in [-0.25, -0.2) is 9.97 Å². The van der Waals surface area contributed by atoms with Gasteiger partial charge in [0.2, 0.25) is 11.9 Å². The zero-order chi connectivity index (χ0) is 20.4. The molecule has 2 atom stereocenters. The van der Waals surface area contributed by atoms with E-state index in [4.69, 9.17) is 0 Å². The van der Waals surface area contributed by atoms with E-state index in [0.29, 0.717) is 41.0 Å². The molecular formula is C20H26N8O. The van der Waals surface area contributed by atoms with Crippen molar-refractivity contribution < 1.29 is 5.11 Å². The highest BCUT2D eigenvalue weighted by Crippen LogP contribution is 2.34. The zero-order valence-corrected chi connectivity index (χ0v) is 16.8. The minimum Gasteiger partial charge on any atom is -0.390 e. The summed E-state index contributed by atoms with van der Waals surface area (Å²) < 4.78 is 0. The van der Waals surface area contributed by atoms with Gasteiger partial charge in [-0.1, -0.05) is 31.2 Å². The minimum atomic E-state index is -0.537. The van der Waals surface area contributed by atoms with Crippen LogP contribution in [0.2, 0.25) is 0 Å². The maximum Gasteiger partial charge on any atom is 0.226 e. The number of anilines is 4. The van der Waals surface area contributed by atoms with Crippen LogP contribution in [0.25, 0.3) is 11.0 Å². The number of nitrogens with one attached hydrogen (secondary N) is 4. The second kappa shape index (κ2) is 8.04. The molecule has 2 aromatic heterocycles. The van der Waals surface area contributed by atoms with Crippen molar-refractivity contribution in [1.82, 2.24) is 19.9 Å². The van der Waals surface area contributed by atoms with Gasteiger partial charge in [0.05, 0.1) is 12.1 Å². The maximum absolute atomic E-state index is 10.6. The van der Waals surface area contributed by atoms with Crippen molar-refractivity contribution >= 4 is 34.6 Å². The van der Waals surface area contributed by atoms with Gasteiger partial charge in [-0.05, 0) is 17.5 Å². The predicted octanol–water partition coefficient (Wildman–Crippen LogP) is 2.40. The summed E-state index contributed by atoms with van der Waals surface area (Å²) in [6.45, 7) is 2.87. The number of nitrogens with zero attached hydrogens (tertiary/aromatic N) is 4. The molecule has 0 bridgehead atoms. The van der Waals surface area contributed by atoms with Gasteiger partial charge in [-0.15, -0.1) is 0 Å². The second-order valence-electron chi connectivity index (χ2n) is 7.01. The summed E-state index contributed by atoms with van der Waals surface area (Å²) >= 11 is 0. The van der Waals surface area contributed by atoms with Gasteiger partial charge in [-0.3, -0.25) is 0 Å². The van der Waals surface area contributed by atoms with E-state index in [-0.39, 0.29) is 6.04 Å². The lowest BCUT2D eigenvalue weighted by atomic mass is 10.1. The number of rotatable bonds is 7. The Morgan fingerprint density at radius 3 is 2.31 bits per heavy atom. The lowest BCUT2D eigenvalue weighted by Crippen LogP contribution is -2.22. The van der Waals surface area contributed by atoms with Gasteiger partial charge >= 0.3 is 0 Å². The molecule has 1 aliphatic rings. The number of aliphatic hydroxyl groups excluding tert-OH is 1. The Kier molecular flexibility index (Phi) is 5.30. The summed E-state index contributed by atoms with van der Waals surface area (Å²) in [5.41, 5.74) is 3.44. The van der Waals surface area contributed by atoms with Crippen molar-refractivity contribution in [3.8, 4) is 0 Å². The first kappa shape index (κ1) is 19.1. The molecule has 1 aliphatic carbocycles. The number of benzene rings is 1. The van der Waals surface area contributed by atoms with Crippen LogP contribution in [0, 0.1) is 0 Å². The molecule has 4 rings (SSSR count). The molecule has 152 valence electrons. The van der Waals surface area contributed by atoms with Gasteiger partial charge in [-0.2, -0.15) is 9.97 Å². The van der Waals surface area contributed by atoms with Gasteiger partial charge in [0.1, 0.15) is 11.0 Å². The molecule has 0 unspecified atom stereocenters. The van der Waals surface area contributed by atoms with Crippen LogP contribution in [0.3, 0.4) is 0 Å². The molecule has 0 amide bonds. The molecule has 2 heterocycles. The molecule has 0 spiro atoms. The van der Waals surface area contributed by atoms with Gasteiger partial charge in [0, 0.05) is 27.1 Å². The van der Waals surface area contributed by atoms with Crippen LogP contribution >= 0.6 is 0 Å². The fourth-order valence-electron chi connectivity index (χ4n) is 3.63. The molecule has 9 heteroatoms. The standard InChI is InChI=1S/C20H26N8O/c1-4-9-23-19-25-15-16(17(21-2)27-19)26-20(28-18(15)22-3)24-14-12-8-6-5-7-11(12)10-13(14)29/h5-8,13-14,29H,4,9-10H2,1-3H3,(H2,21,23,25,27)(H2,22,24,26,28)/t13-,14+/m0/s1. The van der Waals surface area contributed by atoms with Crippen LogP contribution in [0.4, 0.5) is 23.5 Å². The highest BCUT2D eigenvalue weighted by molar-refractivity contribution is 5.94. The summed E-state index contributed by atoms with van der Waals surface area (Å²) in [5, 5.41) is 23.3. The Bertz CT molecular complexity index is 1020. The van der Waals surface area contributed by atoms with E-state index < -0.39 is 6.10 Å². The first-order valence-corrected chi connectivity index (χ1v) is 9.86. The third-order valence-electron chi connectivity index (χ3n) is 5.04. The molecule has 1 aromatic carbocycles. The number of hydrogen-bond donors (Lipinski definition) is 5. The van der Waals surface area contributed by atoms with E-state index in [2.05, 4.69) is 48.1 Å². The van der Waals surface area contributed by atoms with Crippen LogP contribution < -0.4 is 21.3 Å². The molecule has 0 radical (unpaired) electrons.